The van der Waals surface area contributed by atoms with Crippen LogP contribution in [0.1, 0.15) is 110 Å². The average molecular weight is 356 g/mol. The van der Waals surface area contributed by atoms with Crippen molar-refractivity contribution in [1.82, 2.24) is 0 Å². The molecule has 0 aromatic rings. The molecule has 0 N–H and O–H groups in total. The zero-order chi connectivity index (χ0) is 18.4. The molecule has 1 heteroatoms. The van der Waals surface area contributed by atoms with Gasteiger partial charge in [0, 0.05) is 0 Å². The van der Waals surface area contributed by atoms with Crippen molar-refractivity contribution in [2.45, 2.75) is 110 Å². The second kappa shape index (κ2) is 9.43. The van der Waals surface area contributed by atoms with Gasteiger partial charge in [0.25, 0.3) is 0 Å². The van der Waals surface area contributed by atoms with E-state index in [0.717, 1.165) is 36.5 Å². The van der Waals surface area contributed by atoms with Crippen molar-refractivity contribution >= 4 is 0 Å². The van der Waals surface area contributed by atoms with E-state index in [2.05, 4.69) is 26.0 Å². The number of nitriles is 1. The Bertz CT molecular complexity index is 495. The predicted molar refractivity (Wildman–Crippen MR) is 111 cm³/mol. The van der Waals surface area contributed by atoms with Crippen LogP contribution in [-0.2, 0) is 0 Å². The Morgan fingerprint density at radius 1 is 0.885 bits per heavy atom. The Hall–Kier alpha value is -0.770. The second-order valence-corrected chi connectivity index (χ2v) is 9.76. The lowest BCUT2D eigenvalue weighted by molar-refractivity contribution is 0.131. The van der Waals surface area contributed by atoms with Gasteiger partial charge in [0.1, 0.15) is 0 Å². The van der Waals surface area contributed by atoms with Gasteiger partial charge in [-0.2, -0.15) is 5.26 Å². The van der Waals surface area contributed by atoms with Gasteiger partial charge in [-0.15, -0.1) is 0 Å². The first-order chi connectivity index (χ1) is 12.7. The molecular formula is C25H41N. The van der Waals surface area contributed by atoms with Crippen LogP contribution in [0.3, 0.4) is 0 Å². The Kier molecular flexibility index (Phi) is 7.25. The van der Waals surface area contributed by atoms with Crippen LogP contribution in [0, 0.1) is 40.4 Å². The highest BCUT2D eigenvalue weighted by atomic mass is 14.5. The highest BCUT2D eigenvalue weighted by Crippen LogP contribution is 2.51. The zero-order valence-corrected chi connectivity index (χ0v) is 17.4. The molecule has 0 aliphatic heterocycles. The highest BCUT2D eigenvalue weighted by molar-refractivity contribution is 5.26. The molecule has 26 heavy (non-hydrogen) atoms. The fourth-order valence-corrected chi connectivity index (χ4v) is 6.46. The maximum absolute atomic E-state index is 10.1. The van der Waals surface area contributed by atoms with E-state index in [1.54, 1.807) is 0 Å². The average Bonchev–Trinajstić information content (AvgIpc) is 2.70. The molecule has 3 aliphatic rings. The third-order valence-electron chi connectivity index (χ3n) is 8.18. The smallest absolute Gasteiger partial charge is 0.0782 e. The van der Waals surface area contributed by atoms with Crippen LogP contribution in [0.2, 0.25) is 0 Å². The maximum atomic E-state index is 10.1. The van der Waals surface area contributed by atoms with E-state index >= 15 is 0 Å². The zero-order valence-electron chi connectivity index (χ0n) is 17.4. The quantitative estimate of drug-likeness (QED) is 0.445. The molecule has 2 fully saturated rings. The van der Waals surface area contributed by atoms with E-state index in [1.807, 2.05) is 0 Å². The first-order valence-electron chi connectivity index (χ1n) is 11.8. The van der Waals surface area contributed by atoms with Crippen molar-refractivity contribution in [3.63, 3.8) is 0 Å². The van der Waals surface area contributed by atoms with Gasteiger partial charge in [-0.3, -0.25) is 0 Å². The summed E-state index contributed by atoms with van der Waals surface area (Å²) in [6.07, 6.45) is 22.5. The standard InChI is InChI=1S/C25H41N/c1-3-5-20-7-11-22(12-8-20)23-15-17-25(19-26,18-16-23)24-13-9-21(6-4-2)10-14-24/h13,20-23H,3-12,14-18H2,1-2H3/t20?,21-,22?,23-,25-/m0/s1. The SMILES string of the molecule is CCCC1CCC([C@H]2CC[C@](C#N)(C3=CC[C@H](CCC)CC3)CC2)CC1. The van der Waals surface area contributed by atoms with Crippen LogP contribution in [0.4, 0.5) is 0 Å². The van der Waals surface area contributed by atoms with E-state index in [0.29, 0.717) is 0 Å². The van der Waals surface area contributed by atoms with Crippen molar-refractivity contribution in [3.05, 3.63) is 11.6 Å². The Morgan fingerprint density at radius 3 is 2.04 bits per heavy atom. The molecule has 0 heterocycles. The third-order valence-corrected chi connectivity index (χ3v) is 8.18. The van der Waals surface area contributed by atoms with Crippen molar-refractivity contribution < 1.29 is 0 Å². The highest BCUT2D eigenvalue weighted by Gasteiger charge is 2.41. The summed E-state index contributed by atoms with van der Waals surface area (Å²) in [6, 6.07) is 2.81. The van der Waals surface area contributed by atoms with Crippen molar-refractivity contribution in [2.24, 2.45) is 29.1 Å². The monoisotopic (exact) mass is 355 g/mol. The van der Waals surface area contributed by atoms with Crippen molar-refractivity contribution in [1.29, 1.82) is 5.26 Å². The number of nitrogens with zero attached hydrogens (tertiary/aromatic N) is 1. The fraction of sp³-hybridized carbons (Fsp3) is 0.880. The Labute approximate surface area is 162 Å². The molecule has 0 radical (unpaired) electrons. The normalized spacial score (nSPS) is 38.4. The minimum Gasteiger partial charge on any atom is -0.197 e. The largest absolute Gasteiger partial charge is 0.197 e. The first-order valence-corrected chi connectivity index (χ1v) is 11.8. The molecule has 0 aromatic carbocycles. The molecule has 2 saturated carbocycles. The molecule has 1 nitrogen and oxygen atoms in total. The molecule has 0 saturated heterocycles. The van der Waals surface area contributed by atoms with Gasteiger partial charge in [0.2, 0.25) is 0 Å². The first kappa shape index (κ1) is 20.0. The van der Waals surface area contributed by atoms with Gasteiger partial charge in [-0.05, 0) is 81.5 Å². The summed E-state index contributed by atoms with van der Waals surface area (Å²) >= 11 is 0. The number of hydrogen-bond acceptors (Lipinski definition) is 1. The van der Waals surface area contributed by atoms with Crippen molar-refractivity contribution in [3.8, 4) is 6.07 Å². The van der Waals surface area contributed by atoms with Crippen LogP contribution in [0.15, 0.2) is 11.6 Å². The summed E-state index contributed by atoms with van der Waals surface area (Å²) < 4.78 is 0. The molecular weight excluding hydrogens is 314 g/mol. The van der Waals surface area contributed by atoms with Gasteiger partial charge in [-0.1, -0.05) is 64.0 Å². The second-order valence-electron chi connectivity index (χ2n) is 9.76. The van der Waals surface area contributed by atoms with Crippen LogP contribution in [0.5, 0.6) is 0 Å². The summed E-state index contributed by atoms with van der Waals surface area (Å²) in [6.45, 7) is 4.63. The van der Waals surface area contributed by atoms with Crippen LogP contribution in [0.25, 0.3) is 0 Å². The molecule has 0 amide bonds. The number of allylic oxidation sites excluding steroid dienone is 2. The lowest BCUT2D eigenvalue weighted by Gasteiger charge is -2.42. The molecule has 3 rings (SSSR count). The molecule has 0 aromatic heterocycles. The van der Waals surface area contributed by atoms with Crippen molar-refractivity contribution in [2.75, 3.05) is 0 Å². The van der Waals surface area contributed by atoms with E-state index < -0.39 is 0 Å². The summed E-state index contributed by atoms with van der Waals surface area (Å²) in [5.41, 5.74) is 1.44. The minimum atomic E-state index is -0.0902. The minimum absolute atomic E-state index is 0.0902. The molecule has 1 atom stereocenters. The topological polar surface area (TPSA) is 23.8 Å². The summed E-state index contributed by atoms with van der Waals surface area (Å²) in [5, 5.41) is 10.1. The molecule has 0 spiro atoms. The molecule has 3 aliphatic carbocycles. The summed E-state index contributed by atoms with van der Waals surface area (Å²) in [5.74, 6) is 3.78. The third kappa shape index (κ3) is 4.55. The van der Waals surface area contributed by atoms with E-state index in [9.17, 15) is 5.26 Å². The fourth-order valence-electron chi connectivity index (χ4n) is 6.46. The number of hydrogen-bond donors (Lipinski definition) is 0. The van der Waals surface area contributed by atoms with Gasteiger partial charge in [0.15, 0.2) is 0 Å². The predicted octanol–water partition coefficient (Wildman–Crippen LogP) is 7.82. The van der Waals surface area contributed by atoms with E-state index in [1.165, 1.54) is 89.0 Å². The van der Waals surface area contributed by atoms with Gasteiger partial charge >= 0.3 is 0 Å². The maximum Gasteiger partial charge on any atom is 0.0782 e. The summed E-state index contributed by atoms with van der Waals surface area (Å²) in [4.78, 5) is 0. The Morgan fingerprint density at radius 2 is 1.50 bits per heavy atom. The lowest BCUT2D eigenvalue weighted by atomic mass is 9.61. The Balaban J connectivity index is 1.52. The molecule has 0 bridgehead atoms. The summed E-state index contributed by atoms with van der Waals surface area (Å²) in [7, 11) is 0. The lowest BCUT2D eigenvalue weighted by Crippen LogP contribution is -2.33. The molecule has 146 valence electrons. The van der Waals surface area contributed by atoms with Crippen LogP contribution < -0.4 is 0 Å². The van der Waals surface area contributed by atoms with E-state index in [4.69, 9.17) is 0 Å². The van der Waals surface area contributed by atoms with Gasteiger partial charge in [-0.25, -0.2) is 0 Å². The number of rotatable bonds is 6. The van der Waals surface area contributed by atoms with Crippen LogP contribution >= 0.6 is 0 Å². The van der Waals surface area contributed by atoms with Gasteiger partial charge < -0.3 is 0 Å². The van der Waals surface area contributed by atoms with E-state index in [-0.39, 0.29) is 5.41 Å². The molecule has 0 unspecified atom stereocenters. The van der Waals surface area contributed by atoms with Gasteiger partial charge in [0.05, 0.1) is 11.5 Å². The van der Waals surface area contributed by atoms with Crippen LogP contribution in [-0.4, -0.2) is 0 Å².